The molecule has 4 aromatic rings. The first-order valence-electron chi connectivity index (χ1n) is 10.2. The molecule has 0 spiro atoms. The minimum Gasteiger partial charge on any atom is -0.384 e. The first-order valence-corrected chi connectivity index (χ1v) is 10.2. The topological polar surface area (TPSA) is 29.9 Å². The average molecular weight is 372 g/mol. The standard InChI is InChI=1S/C25H29N3/c1-6-7-12-26-21-15-19(5)27-25-23(21)20-10-8-9-11-22(20)28(25)24-17(3)13-16(2)14-18(24)4/h8-11,13-15H,6-7,12H2,1-5H3,(H,26,27). The lowest BCUT2D eigenvalue weighted by atomic mass is 10.0. The quantitative estimate of drug-likeness (QED) is 0.399. The van der Waals surface area contributed by atoms with Crippen LogP contribution in [0.2, 0.25) is 0 Å². The summed E-state index contributed by atoms with van der Waals surface area (Å²) in [6.45, 7) is 11.9. The third-order valence-corrected chi connectivity index (χ3v) is 5.46. The minimum absolute atomic E-state index is 0.983. The monoisotopic (exact) mass is 371 g/mol. The molecule has 28 heavy (non-hydrogen) atoms. The van der Waals surface area contributed by atoms with Crippen molar-refractivity contribution in [3.05, 3.63) is 64.8 Å². The van der Waals surface area contributed by atoms with Crippen molar-refractivity contribution in [1.29, 1.82) is 0 Å². The van der Waals surface area contributed by atoms with Crippen molar-refractivity contribution in [2.45, 2.75) is 47.5 Å². The van der Waals surface area contributed by atoms with Gasteiger partial charge in [0.1, 0.15) is 5.65 Å². The lowest BCUT2D eigenvalue weighted by Crippen LogP contribution is -2.04. The smallest absolute Gasteiger partial charge is 0.147 e. The largest absolute Gasteiger partial charge is 0.384 e. The number of anilines is 1. The van der Waals surface area contributed by atoms with Crippen molar-refractivity contribution in [3.8, 4) is 5.69 Å². The normalized spacial score (nSPS) is 11.5. The van der Waals surface area contributed by atoms with E-state index in [2.05, 4.69) is 87.0 Å². The Morgan fingerprint density at radius 1 is 0.964 bits per heavy atom. The molecule has 1 N–H and O–H groups in total. The van der Waals surface area contributed by atoms with Crippen LogP contribution in [0.15, 0.2) is 42.5 Å². The van der Waals surface area contributed by atoms with E-state index >= 15 is 0 Å². The first-order chi connectivity index (χ1) is 13.5. The molecule has 0 saturated heterocycles. The molecular formula is C25H29N3. The number of nitrogens with zero attached hydrogens (tertiary/aromatic N) is 2. The molecule has 0 amide bonds. The zero-order valence-electron chi connectivity index (χ0n) is 17.6. The van der Waals surface area contributed by atoms with Gasteiger partial charge in [-0.05, 0) is 57.4 Å². The van der Waals surface area contributed by atoms with Crippen molar-refractivity contribution >= 4 is 27.6 Å². The zero-order valence-corrected chi connectivity index (χ0v) is 17.6. The molecule has 0 unspecified atom stereocenters. The van der Waals surface area contributed by atoms with E-state index in [0.717, 1.165) is 24.3 Å². The number of fused-ring (bicyclic) bond motifs is 3. The molecule has 0 radical (unpaired) electrons. The Balaban J connectivity index is 2.09. The molecule has 0 aliphatic rings. The van der Waals surface area contributed by atoms with Crippen molar-refractivity contribution in [2.24, 2.45) is 0 Å². The van der Waals surface area contributed by atoms with Crippen LogP contribution in [0.1, 0.15) is 42.1 Å². The molecule has 2 aromatic heterocycles. The highest BCUT2D eigenvalue weighted by atomic mass is 15.1. The lowest BCUT2D eigenvalue weighted by Gasteiger charge is -2.15. The Morgan fingerprint density at radius 2 is 1.68 bits per heavy atom. The van der Waals surface area contributed by atoms with Gasteiger partial charge in [-0.2, -0.15) is 0 Å². The van der Waals surface area contributed by atoms with Gasteiger partial charge in [0.15, 0.2) is 0 Å². The van der Waals surface area contributed by atoms with Gasteiger partial charge in [-0.1, -0.05) is 49.2 Å². The second kappa shape index (κ2) is 7.31. The molecule has 0 aliphatic heterocycles. The highest BCUT2D eigenvalue weighted by Crippen LogP contribution is 2.37. The molecule has 3 heteroatoms. The van der Waals surface area contributed by atoms with Crippen molar-refractivity contribution in [2.75, 3.05) is 11.9 Å². The average Bonchev–Trinajstić information content (AvgIpc) is 2.95. The molecule has 2 aromatic carbocycles. The van der Waals surface area contributed by atoms with Gasteiger partial charge >= 0.3 is 0 Å². The van der Waals surface area contributed by atoms with Crippen LogP contribution in [0.3, 0.4) is 0 Å². The van der Waals surface area contributed by atoms with Crippen LogP contribution in [0.25, 0.3) is 27.6 Å². The van der Waals surface area contributed by atoms with Crippen molar-refractivity contribution in [1.82, 2.24) is 9.55 Å². The van der Waals surface area contributed by atoms with Crippen LogP contribution in [0.4, 0.5) is 5.69 Å². The Kier molecular flexibility index (Phi) is 4.84. The summed E-state index contributed by atoms with van der Waals surface area (Å²) in [4.78, 5) is 5.01. The molecule has 0 aliphatic carbocycles. The Hall–Kier alpha value is -2.81. The highest BCUT2D eigenvalue weighted by molar-refractivity contribution is 6.13. The first kappa shape index (κ1) is 18.5. The van der Waals surface area contributed by atoms with E-state index < -0.39 is 0 Å². The molecule has 2 heterocycles. The number of unbranched alkanes of at least 4 members (excludes halogenated alkanes) is 1. The van der Waals surface area contributed by atoms with Gasteiger partial charge in [0.2, 0.25) is 0 Å². The van der Waals surface area contributed by atoms with Crippen LogP contribution in [-0.4, -0.2) is 16.1 Å². The predicted octanol–water partition coefficient (Wildman–Crippen LogP) is 6.62. The number of rotatable bonds is 5. The molecule has 0 atom stereocenters. The minimum atomic E-state index is 0.983. The third-order valence-electron chi connectivity index (χ3n) is 5.46. The van der Waals surface area contributed by atoms with Crippen molar-refractivity contribution in [3.63, 3.8) is 0 Å². The summed E-state index contributed by atoms with van der Waals surface area (Å²) in [5, 5.41) is 6.14. The number of hydrogen-bond acceptors (Lipinski definition) is 2. The summed E-state index contributed by atoms with van der Waals surface area (Å²) in [7, 11) is 0. The van der Waals surface area contributed by atoms with Crippen molar-refractivity contribution < 1.29 is 0 Å². The van der Waals surface area contributed by atoms with E-state index in [1.807, 2.05) is 0 Å². The van der Waals surface area contributed by atoms with Gasteiger partial charge in [0.05, 0.1) is 16.6 Å². The summed E-state index contributed by atoms with van der Waals surface area (Å²) in [5.74, 6) is 0. The Labute approximate surface area is 167 Å². The number of aryl methyl sites for hydroxylation is 4. The number of nitrogens with one attached hydrogen (secondary N) is 1. The summed E-state index contributed by atoms with van der Waals surface area (Å²) >= 11 is 0. The summed E-state index contributed by atoms with van der Waals surface area (Å²) in [6.07, 6.45) is 2.35. The molecular weight excluding hydrogens is 342 g/mol. The van der Waals surface area contributed by atoms with E-state index in [0.29, 0.717) is 0 Å². The van der Waals surface area contributed by atoms with Gasteiger partial charge in [-0.25, -0.2) is 4.98 Å². The highest BCUT2D eigenvalue weighted by Gasteiger charge is 2.19. The van der Waals surface area contributed by atoms with E-state index in [9.17, 15) is 0 Å². The van der Waals surface area contributed by atoms with Crippen LogP contribution in [0.5, 0.6) is 0 Å². The Morgan fingerprint density at radius 3 is 2.39 bits per heavy atom. The number of aromatic nitrogens is 2. The molecule has 0 fully saturated rings. The van der Waals surface area contributed by atoms with Gasteiger partial charge in [0.25, 0.3) is 0 Å². The molecule has 4 rings (SSSR count). The second-order valence-electron chi connectivity index (χ2n) is 7.89. The van der Waals surface area contributed by atoms with E-state index in [-0.39, 0.29) is 0 Å². The van der Waals surface area contributed by atoms with Gasteiger partial charge in [-0.3, -0.25) is 4.57 Å². The Bertz CT molecular complexity index is 1140. The van der Waals surface area contributed by atoms with Gasteiger partial charge in [-0.15, -0.1) is 0 Å². The molecule has 0 saturated carbocycles. The van der Waals surface area contributed by atoms with Crippen LogP contribution >= 0.6 is 0 Å². The van der Waals surface area contributed by atoms with Gasteiger partial charge < -0.3 is 5.32 Å². The van der Waals surface area contributed by atoms with E-state index in [1.54, 1.807) is 0 Å². The van der Waals surface area contributed by atoms with Crippen LogP contribution in [-0.2, 0) is 0 Å². The lowest BCUT2D eigenvalue weighted by molar-refractivity contribution is 0.835. The fourth-order valence-electron chi connectivity index (χ4n) is 4.37. The summed E-state index contributed by atoms with van der Waals surface area (Å²) in [6, 6.07) is 15.4. The maximum Gasteiger partial charge on any atom is 0.147 e. The SMILES string of the molecule is CCCCNc1cc(C)nc2c1c1ccccc1n2-c1c(C)cc(C)cc1C. The number of benzene rings is 2. The predicted molar refractivity (Wildman–Crippen MR) is 121 cm³/mol. The van der Waals surface area contributed by atoms with E-state index in [1.165, 1.54) is 50.8 Å². The fraction of sp³-hybridized carbons (Fsp3) is 0.320. The summed E-state index contributed by atoms with van der Waals surface area (Å²) < 4.78 is 2.35. The third kappa shape index (κ3) is 3.05. The molecule has 0 bridgehead atoms. The molecule has 3 nitrogen and oxygen atoms in total. The second-order valence-corrected chi connectivity index (χ2v) is 7.89. The van der Waals surface area contributed by atoms with Gasteiger partial charge in [0, 0.05) is 23.3 Å². The maximum absolute atomic E-state index is 5.01. The van der Waals surface area contributed by atoms with E-state index in [4.69, 9.17) is 4.98 Å². The number of hydrogen-bond donors (Lipinski definition) is 1. The fourth-order valence-corrected chi connectivity index (χ4v) is 4.37. The number of para-hydroxylation sites is 1. The maximum atomic E-state index is 5.01. The molecule has 144 valence electrons. The summed E-state index contributed by atoms with van der Waals surface area (Å²) in [5.41, 5.74) is 9.58. The number of pyridine rings is 1. The van der Waals surface area contributed by atoms with Crippen LogP contribution in [0, 0.1) is 27.7 Å². The van der Waals surface area contributed by atoms with Crippen LogP contribution < -0.4 is 5.32 Å². The zero-order chi connectivity index (χ0) is 19.8.